The van der Waals surface area contributed by atoms with E-state index in [1.54, 1.807) is 12.3 Å². The lowest BCUT2D eigenvalue weighted by Crippen LogP contribution is -2.34. The highest BCUT2D eigenvalue weighted by Gasteiger charge is 2.20. The molecule has 0 saturated carbocycles. The maximum atomic E-state index is 14.4. The van der Waals surface area contributed by atoms with E-state index in [0.717, 1.165) is 53.6 Å². The van der Waals surface area contributed by atoms with E-state index in [1.807, 2.05) is 59.3 Å². The average Bonchev–Trinajstić information content (AvgIpc) is 3.34. The van der Waals surface area contributed by atoms with Gasteiger partial charge in [0.1, 0.15) is 5.82 Å². The van der Waals surface area contributed by atoms with Gasteiger partial charge in [0.05, 0.1) is 12.8 Å². The van der Waals surface area contributed by atoms with Gasteiger partial charge in [-0.2, -0.15) is 20.1 Å². The molecule has 5 aromatic rings. The van der Waals surface area contributed by atoms with Crippen molar-refractivity contribution < 1.29 is 4.39 Å². The molecule has 42 heavy (non-hydrogen) atoms. The predicted molar refractivity (Wildman–Crippen MR) is 168 cm³/mol. The van der Waals surface area contributed by atoms with Crippen LogP contribution in [0.2, 0.25) is 0 Å². The Kier molecular flexibility index (Phi) is 7.81. The summed E-state index contributed by atoms with van der Waals surface area (Å²) < 4.78 is 16.4. The van der Waals surface area contributed by atoms with Crippen molar-refractivity contribution >= 4 is 40.6 Å². The monoisotopic (exact) mass is 562 g/mol. The van der Waals surface area contributed by atoms with Crippen molar-refractivity contribution in [1.82, 2.24) is 19.5 Å². The first-order valence-corrected chi connectivity index (χ1v) is 14.4. The van der Waals surface area contributed by atoms with Gasteiger partial charge >= 0.3 is 0 Å². The molecule has 214 valence electrons. The molecule has 9 heteroatoms. The molecular weight excluding hydrogens is 527 g/mol. The minimum absolute atomic E-state index is 0.216. The molecule has 1 aliphatic heterocycles. The minimum Gasteiger partial charge on any atom is -0.342 e. The third kappa shape index (κ3) is 5.95. The summed E-state index contributed by atoms with van der Waals surface area (Å²) in [5.41, 5.74) is 8.87. The van der Waals surface area contributed by atoms with Crippen LogP contribution in [0.4, 0.5) is 27.9 Å². The van der Waals surface area contributed by atoms with Crippen LogP contribution in [-0.4, -0.2) is 38.8 Å². The lowest BCUT2D eigenvalue weighted by Gasteiger charge is -2.30. The predicted octanol–water partition coefficient (Wildman–Crippen LogP) is 7.06. The van der Waals surface area contributed by atoms with Crippen LogP contribution in [0.25, 0.3) is 10.9 Å². The number of aryl methyl sites for hydroxylation is 1. The van der Waals surface area contributed by atoms with E-state index in [4.69, 9.17) is 9.97 Å². The topological polar surface area (TPSA) is 83.3 Å². The first kappa shape index (κ1) is 27.4. The zero-order valence-electron chi connectivity index (χ0n) is 24.2. The van der Waals surface area contributed by atoms with E-state index in [1.165, 1.54) is 11.6 Å². The van der Waals surface area contributed by atoms with Crippen LogP contribution in [-0.2, 0) is 6.54 Å². The lowest BCUT2D eigenvalue weighted by molar-refractivity contribution is 0.434. The Morgan fingerprint density at radius 1 is 0.929 bits per heavy atom. The number of hydrogen-bond acceptors (Lipinski definition) is 7. The van der Waals surface area contributed by atoms with Crippen molar-refractivity contribution in [2.75, 3.05) is 28.7 Å². The van der Waals surface area contributed by atoms with Crippen LogP contribution in [0.15, 0.2) is 78.0 Å². The van der Waals surface area contributed by atoms with Gasteiger partial charge in [-0.3, -0.25) is 0 Å². The minimum atomic E-state index is -0.216. The fourth-order valence-electron chi connectivity index (χ4n) is 5.31. The van der Waals surface area contributed by atoms with Gasteiger partial charge in [0.2, 0.25) is 17.8 Å². The fraction of sp³-hybridized carbons (Fsp3) is 0.273. The molecule has 3 heterocycles. The molecule has 0 atom stereocenters. The summed E-state index contributed by atoms with van der Waals surface area (Å²) >= 11 is 0. The number of piperidine rings is 1. The van der Waals surface area contributed by atoms with Crippen molar-refractivity contribution in [2.45, 2.75) is 40.2 Å². The Bertz CT molecular complexity index is 1740. The van der Waals surface area contributed by atoms with Crippen molar-refractivity contribution in [3.05, 3.63) is 101 Å². The van der Waals surface area contributed by atoms with Gasteiger partial charge in [-0.1, -0.05) is 55.5 Å². The Hall–Kier alpha value is -4.79. The third-order valence-electron chi connectivity index (χ3n) is 8.03. The standard InChI is InChI=1S/C33H35FN8/c1-22-15-17-41(18-16-22)33-38-31(36-29-13-8-9-23(2)24(29)3)37-32(39-33)40-35-19-26-21-42(30-14-7-5-11-27(26)30)20-25-10-4-6-12-28(25)34/h4-14,19,21-22H,15-18,20H2,1-3H3,(H2,36,37,38,39,40)/b35-19-. The van der Waals surface area contributed by atoms with Crippen LogP contribution < -0.4 is 15.6 Å². The summed E-state index contributed by atoms with van der Waals surface area (Å²) in [7, 11) is 0. The molecule has 0 unspecified atom stereocenters. The fourth-order valence-corrected chi connectivity index (χ4v) is 5.31. The number of hydrazone groups is 1. The van der Waals surface area contributed by atoms with E-state index in [9.17, 15) is 4.39 Å². The Balaban J connectivity index is 1.28. The molecule has 3 aromatic carbocycles. The number of nitrogens with one attached hydrogen (secondary N) is 2. The van der Waals surface area contributed by atoms with Gasteiger partial charge in [-0.25, -0.2) is 9.82 Å². The summed E-state index contributed by atoms with van der Waals surface area (Å²) in [5.74, 6) is 1.93. The molecule has 1 saturated heterocycles. The number of nitrogens with zero attached hydrogens (tertiary/aromatic N) is 6. The molecule has 0 bridgehead atoms. The number of fused-ring (bicyclic) bond motifs is 1. The molecule has 1 aliphatic rings. The summed E-state index contributed by atoms with van der Waals surface area (Å²) in [6.07, 6.45) is 5.94. The van der Waals surface area contributed by atoms with Crippen LogP contribution in [0.3, 0.4) is 0 Å². The van der Waals surface area contributed by atoms with Crippen LogP contribution in [0.1, 0.15) is 42.0 Å². The first-order chi connectivity index (χ1) is 20.4. The smallest absolute Gasteiger partial charge is 0.250 e. The van der Waals surface area contributed by atoms with E-state index in [0.29, 0.717) is 35.9 Å². The lowest BCUT2D eigenvalue weighted by atomic mass is 10.00. The molecule has 6 rings (SSSR count). The van der Waals surface area contributed by atoms with Gasteiger partial charge in [0, 0.05) is 47.0 Å². The zero-order valence-corrected chi connectivity index (χ0v) is 24.2. The number of halogens is 1. The summed E-state index contributed by atoms with van der Waals surface area (Å²) in [5, 5.41) is 8.93. The first-order valence-electron chi connectivity index (χ1n) is 14.4. The van der Waals surface area contributed by atoms with Gasteiger partial charge < -0.3 is 14.8 Å². The molecule has 0 amide bonds. The number of hydrogen-bond donors (Lipinski definition) is 2. The number of benzene rings is 3. The second kappa shape index (κ2) is 12.0. The largest absolute Gasteiger partial charge is 0.342 e. The molecular formula is C33H35FN8. The summed E-state index contributed by atoms with van der Waals surface area (Å²) in [6.45, 7) is 8.68. The Morgan fingerprint density at radius 3 is 2.52 bits per heavy atom. The Labute approximate surface area is 245 Å². The SMILES string of the molecule is Cc1cccc(Nc2nc(N/N=C\c3cn(Cc4ccccc4F)c4ccccc34)nc(N3CCC(C)CC3)n2)c1C. The second-order valence-corrected chi connectivity index (χ2v) is 11.0. The van der Waals surface area contributed by atoms with Crippen LogP contribution in [0, 0.1) is 25.6 Å². The van der Waals surface area contributed by atoms with E-state index >= 15 is 0 Å². The highest BCUT2D eigenvalue weighted by molar-refractivity contribution is 5.99. The molecule has 2 N–H and O–H groups in total. The van der Waals surface area contributed by atoms with Crippen molar-refractivity contribution in [2.24, 2.45) is 11.0 Å². The van der Waals surface area contributed by atoms with Gasteiger partial charge in [-0.05, 0) is 61.9 Å². The van der Waals surface area contributed by atoms with Crippen LogP contribution in [0.5, 0.6) is 0 Å². The quantitative estimate of drug-likeness (QED) is 0.156. The Morgan fingerprint density at radius 2 is 1.69 bits per heavy atom. The highest BCUT2D eigenvalue weighted by Crippen LogP contribution is 2.26. The summed E-state index contributed by atoms with van der Waals surface area (Å²) in [6, 6.07) is 21.0. The molecule has 0 aliphatic carbocycles. The van der Waals surface area contributed by atoms with Crippen molar-refractivity contribution in [3.63, 3.8) is 0 Å². The normalized spacial score (nSPS) is 14.1. The highest BCUT2D eigenvalue weighted by atomic mass is 19.1. The molecule has 2 aromatic heterocycles. The number of anilines is 4. The zero-order chi connectivity index (χ0) is 29.1. The maximum absolute atomic E-state index is 14.4. The van der Waals surface area contributed by atoms with E-state index in [2.05, 4.69) is 52.6 Å². The van der Waals surface area contributed by atoms with Gasteiger partial charge in [-0.15, -0.1) is 0 Å². The third-order valence-corrected chi connectivity index (χ3v) is 8.03. The molecule has 1 fully saturated rings. The maximum Gasteiger partial charge on any atom is 0.250 e. The molecule has 0 radical (unpaired) electrons. The van der Waals surface area contributed by atoms with Gasteiger partial charge in [0.25, 0.3) is 0 Å². The number of para-hydroxylation sites is 1. The van der Waals surface area contributed by atoms with Crippen LogP contribution >= 0.6 is 0 Å². The summed E-state index contributed by atoms with van der Waals surface area (Å²) in [4.78, 5) is 16.3. The molecule has 8 nitrogen and oxygen atoms in total. The number of aromatic nitrogens is 4. The second-order valence-electron chi connectivity index (χ2n) is 11.0. The number of rotatable bonds is 8. The van der Waals surface area contributed by atoms with E-state index in [-0.39, 0.29) is 5.82 Å². The van der Waals surface area contributed by atoms with Gasteiger partial charge in [0.15, 0.2) is 0 Å². The van der Waals surface area contributed by atoms with Crippen molar-refractivity contribution in [1.29, 1.82) is 0 Å². The van der Waals surface area contributed by atoms with E-state index < -0.39 is 0 Å². The molecule has 0 spiro atoms. The van der Waals surface area contributed by atoms with Crippen molar-refractivity contribution in [3.8, 4) is 0 Å². The average molecular weight is 563 g/mol.